The fraction of sp³-hybridized carbons (Fsp3) is 0.160. The van der Waals surface area contributed by atoms with E-state index in [0.29, 0.717) is 17.0 Å². The molecule has 4 rings (SSSR count). The number of H-pyrrole nitrogens is 1. The van der Waals surface area contributed by atoms with Gasteiger partial charge in [-0.3, -0.25) is 14.9 Å². The van der Waals surface area contributed by atoms with Crippen LogP contribution in [0.1, 0.15) is 16.1 Å². The number of hydrogen-bond acceptors (Lipinski definition) is 5. The summed E-state index contributed by atoms with van der Waals surface area (Å²) >= 11 is 0. The monoisotopic (exact) mass is 464 g/mol. The van der Waals surface area contributed by atoms with Crippen molar-refractivity contribution in [3.8, 4) is 22.5 Å². The molecule has 174 valence electrons. The van der Waals surface area contributed by atoms with Gasteiger partial charge in [0.25, 0.3) is 5.91 Å². The van der Waals surface area contributed by atoms with Crippen LogP contribution in [0.25, 0.3) is 22.5 Å². The highest BCUT2D eigenvalue weighted by Gasteiger charge is 2.25. The summed E-state index contributed by atoms with van der Waals surface area (Å²) in [6.07, 6.45) is 0.499. The lowest BCUT2D eigenvalue weighted by Gasteiger charge is -2.23. The Hall–Kier alpha value is -3.95. The van der Waals surface area contributed by atoms with Crippen LogP contribution in [0, 0.1) is 11.6 Å². The fourth-order valence-corrected chi connectivity index (χ4v) is 3.61. The zero-order valence-electron chi connectivity index (χ0n) is 18.0. The summed E-state index contributed by atoms with van der Waals surface area (Å²) in [7, 11) is 0. The van der Waals surface area contributed by atoms with E-state index in [0.717, 1.165) is 0 Å². The summed E-state index contributed by atoms with van der Waals surface area (Å²) in [6, 6.07) is 15.7. The number of amides is 1. The second kappa shape index (κ2) is 10.3. The molecule has 2 atom stereocenters. The average Bonchev–Trinajstić information content (AvgIpc) is 3.33. The topological polar surface area (TPSA) is 111 Å². The molecular weight excluding hydrogens is 442 g/mol. The molecule has 0 aliphatic heterocycles. The van der Waals surface area contributed by atoms with E-state index in [2.05, 4.69) is 20.5 Å². The number of halogens is 2. The molecule has 4 aromatic rings. The zero-order chi connectivity index (χ0) is 24.1. The SMILES string of the molecule is O=C(N[C@H](Cc1ccccn1)[C@@H](O)CO)c1cccc(F)c1-c1cc(-c2ccc(F)cc2)n[nH]1. The molecule has 4 N–H and O–H groups in total. The number of aliphatic hydroxyl groups excluding tert-OH is 2. The number of pyridine rings is 1. The molecule has 0 spiro atoms. The lowest BCUT2D eigenvalue weighted by Crippen LogP contribution is -2.46. The van der Waals surface area contributed by atoms with Crippen LogP contribution in [-0.4, -0.2) is 50.1 Å². The van der Waals surface area contributed by atoms with Gasteiger partial charge in [-0.15, -0.1) is 0 Å². The highest BCUT2D eigenvalue weighted by atomic mass is 19.1. The highest BCUT2D eigenvalue weighted by Crippen LogP contribution is 2.29. The van der Waals surface area contributed by atoms with Crippen molar-refractivity contribution in [2.45, 2.75) is 18.6 Å². The van der Waals surface area contributed by atoms with Gasteiger partial charge in [0.15, 0.2) is 0 Å². The molecule has 9 heteroatoms. The number of hydrogen-bond donors (Lipinski definition) is 4. The maximum atomic E-state index is 14.9. The molecule has 2 aromatic heterocycles. The number of aromatic nitrogens is 3. The van der Waals surface area contributed by atoms with Crippen LogP contribution >= 0.6 is 0 Å². The molecule has 2 heterocycles. The molecule has 0 aliphatic rings. The zero-order valence-corrected chi connectivity index (χ0v) is 18.0. The van der Waals surface area contributed by atoms with Gasteiger partial charge in [0.1, 0.15) is 11.6 Å². The third kappa shape index (κ3) is 5.16. The summed E-state index contributed by atoms with van der Waals surface area (Å²) in [6.45, 7) is -0.574. The first-order chi connectivity index (χ1) is 16.5. The summed E-state index contributed by atoms with van der Waals surface area (Å²) < 4.78 is 28.1. The number of nitrogens with zero attached hydrogens (tertiary/aromatic N) is 2. The van der Waals surface area contributed by atoms with E-state index in [1.54, 1.807) is 42.6 Å². The minimum absolute atomic E-state index is 0.00376. The van der Waals surface area contributed by atoms with E-state index in [4.69, 9.17) is 0 Å². The standard InChI is InChI=1S/C25H22F2N4O3/c26-16-9-7-15(8-10-16)20-13-22(31-30-20)24-18(5-3-6-19(24)27)25(34)29-21(23(33)14-32)12-17-4-1-2-11-28-17/h1-11,13,21,23,32-33H,12,14H2,(H,29,34)(H,30,31)/t21-,23+/m1/s1. The Labute approximate surface area is 194 Å². The molecule has 0 radical (unpaired) electrons. The van der Waals surface area contributed by atoms with Crippen LogP contribution in [0.2, 0.25) is 0 Å². The molecule has 2 aromatic carbocycles. The maximum absolute atomic E-state index is 14.9. The predicted octanol–water partition coefficient (Wildman–Crippen LogP) is 3.11. The van der Waals surface area contributed by atoms with Gasteiger partial charge in [0.2, 0.25) is 0 Å². The molecule has 0 saturated carbocycles. The normalized spacial score (nSPS) is 12.8. The number of aliphatic hydroxyl groups is 2. The Bertz CT molecular complexity index is 1260. The second-order valence-electron chi connectivity index (χ2n) is 7.69. The Kier molecular flexibility index (Phi) is 7.05. The van der Waals surface area contributed by atoms with Crippen LogP contribution in [0.15, 0.2) is 72.9 Å². The quantitative estimate of drug-likeness (QED) is 0.320. The van der Waals surface area contributed by atoms with E-state index < -0.39 is 36.3 Å². The Morgan fingerprint density at radius 1 is 1.06 bits per heavy atom. The summed E-state index contributed by atoms with van der Waals surface area (Å²) in [5.74, 6) is -1.68. The average molecular weight is 464 g/mol. The van der Waals surface area contributed by atoms with E-state index >= 15 is 0 Å². The minimum atomic E-state index is -1.25. The van der Waals surface area contributed by atoms with E-state index in [9.17, 15) is 23.8 Å². The number of aromatic amines is 1. The summed E-state index contributed by atoms with van der Waals surface area (Å²) in [5.41, 5.74) is 1.95. The van der Waals surface area contributed by atoms with E-state index in [-0.39, 0.29) is 23.2 Å². The molecule has 7 nitrogen and oxygen atoms in total. The Balaban J connectivity index is 1.63. The van der Waals surface area contributed by atoms with Gasteiger partial charge >= 0.3 is 0 Å². The molecule has 0 saturated heterocycles. The third-order valence-corrected chi connectivity index (χ3v) is 5.37. The molecule has 1 amide bonds. The van der Waals surface area contributed by atoms with Crippen molar-refractivity contribution >= 4 is 5.91 Å². The first kappa shape index (κ1) is 23.2. The lowest BCUT2D eigenvalue weighted by atomic mass is 10.00. The van der Waals surface area contributed by atoms with Crippen LogP contribution in [0.5, 0.6) is 0 Å². The number of nitrogens with one attached hydrogen (secondary N) is 2. The number of carbonyl (C=O) groups excluding carboxylic acids is 1. The van der Waals surface area contributed by atoms with Crippen LogP contribution < -0.4 is 5.32 Å². The van der Waals surface area contributed by atoms with Gasteiger partial charge in [-0.25, -0.2) is 8.78 Å². The van der Waals surface area contributed by atoms with Crippen LogP contribution in [0.3, 0.4) is 0 Å². The van der Waals surface area contributed by atoms with Crippen molar-refractivity contribution in [3.63, 3.8) is 0 Å². The largest absolute Gasteiger partial charge is 0.394 e. The van der Waals surface area contributed by atoms with Gasteiger partial charge in [0, 0.05) is 29.4 Å². The van der Waals surface area contributed by atoms with Crippen molar-refractivity contribution in [2.24, 2.45) is 0 Å². The van der Waals surface area contributed by atoms with Gasteiger partial charge < -0.3 is 15.5 Å². The molecule has 0 unspecified atom stereocenters. The molecular formula is C25H22F2N4O3. The Morgan fingerprint density at radius 2 is 1.85 bits per heavy atom. The van der Waals surface area contributed by atoms with Gasteiger partial charge in [0.05, 0.1) is 35.7 Å². The predicted molar refractivity (Wildman–Crippen MR) is 122 cm³/mol. The molecule has 0 fully saturated rings. The smallest absolute Gasteiger partial charge is 0.252 e. The number of benzene rings is 2. The summed E-state index contributed by atoms with van der Waals surface area (Å²) in [4.78, 5) is 17.4. The number of rotatable bonds is 8. The highest BCUT2D eigenvalue weighted by molar-refractivity contribution is 6.01. The lowest BCUT2D eigenvalue weighted by molar-refractivity contribution is 0.0565. The molecule has 0 bridgehead atoms. The van der Waals surface area contributed by atoms with Gasteiger partial charge in [-0.05, 0) is 54.6 Å². The van der Waals surface area contributed by atoms with Crippen molar-refractivity contribution < 1.29 is 23.8 Å². The second-order valence-corrected chi connectivity index (χ2v) is 7.69. The van der Waals surface area contributed by atoms with Crippen molar-refractivity contribution in [2.75, 3.05) is 6.61 Å². The van der Waals surface area contributed by atoms with Crippen molar-refractivity contribution in [1.29, 1.82) is 0 Å². The van der Waals surface area contributed by atoms with Crippen molar-refractivity contribution in [3.05, 3.63) is 95.8 Å². The first-order valence-corrected chi connectivity index (χ1v) is 10.6. The van der Waals surface area contributed by atoms with Gasteiger partial charge in [-0.1, -0.05) is 12.1 Å². The van der Waals surface area contributed by atoms with Crippen molar-refractivity contribution in [1.82, 2.24) is 20.5 Å². The fourth-order valence-electron chi connectivity index (χ4n) is 3.61. The van der Waals surface area contributed by atoms with Crippen LogP contribution in [-0.2, 0) is 6.42 Å². The van der Waals surface area contributed by atoms with E-state index in [1.165, 1.54) is 30.3 Å². The minimum Gasteiger partial charge on any atom is -0.394 e. The molecule has 34 heavy (non-hydrogen) atoms. The summed E-state index contributed by atoms with van der Waals surface area (Å²) in [5, 5.41) is 29.3. The van der Waals surface area contributed by atoms with E-state index in [1.807, 2.05) is 0 Å². The third-order valence-electron chi connectivity index (χ3n) is 5.37. The number of carbonyl (C=O) groups is 1. The van der Waals surface area contributed by atoms with Gasteiger partial charge in [-0.2, -0.15) is 5.10 Å². The van der Waals surface area contributed by atoms with Crippen LogP contribution in [0.4, 0.5) is 8.78 Å². The maximum Gasteiger partial charge on any atom is 0.252 e. The Morgan fingerprint density at radius 3 is 2.56 bits per heavy atom. The first-order valence-electron chi connectivity index (χ1n) is 10.6. The molecule has 0 aliphatic carbocycles.